The second-order valence-electron chi connectivity index (χ2n) is 15.3. The van der Waals surface area contributed by atoms with Crippen LogP contribution in [0, 0.1) is 34.5 Å². The molecule has 0 radical (unpaired) electrons. The predicted octanol–water partition coefficient (Wildman–Crippen LogP) is 7.45. The van der Waals surface area contributed by atoms with Gasteiger partial charge in [0.05, 0.1) is 11.8 Å². The van der Waals surface area contributed by atoms with Crippen molar-refractivity contribution in [2.45, 2.75) is 149 Å². The van der Waals surface area contributed by atoms with Crippen molar-refractivity contribution in [3.63, 3.8) is 0 Å². The molecule has 1 aliphatic heterocycles. The van der Waals surface area contributed by atoms with E-state index in [2.05, 4.69) is 26.8 Å². The zero-order valence-electron chi connectivity index (χ0n) is 28.1. The number of hydrogen-bond acceptors (Lipinski definition) is 8. The summed E-state index contributed by atoms with van der Waals surface area (Å²) < 4.78 is 23.2. The highest BCUT2D eigenvalue weighted by atomic mass is 16.7. The minimum absolute atomic E-state index is 0.00824. The van der Waals surface area contributed by atoms with Gasteiger partial charge in [0.15, 0.2) is 6.29 Å². The van der Waals surface area contributed by atoms with Gasteiger partial charge in [0.1, 0.15) is 24.9 Å². The molecule has 6 rings (SSSR count). The third kappa shape index (κ3) is 6.79. The minimum atomic E-state index is -0.610. The first kappa shape index (κ1) is 32.7. The summed E-state index contributed by atoms with van der Waals surface area (Å²) >= 11 is 0. The van der Waals surface area contributed by atoms with Crippen LogP contribution in [0.3, 0.4) is 0 Å². The molecular formula is C37H55NO7. The highest BCUT2D eigenvalue weighted by molar-refractivity contribution is 5.85. The molecule has 8 nitrogen and oxygen atoms in total. The fourth-order valence-electron chi connectivity index (χ4n) is 10.3. The Bertz CT molecular complexity index is 1190. The van der Waals surface area contributed by atoms with Crippen LogP contribution in [0.5, 0.6) is 0 Å². The number of ether oxygens (including phenoxy) is 4. The van der Waals surface area contributed by atoms with Gasteiger partial charge in [-0.25, -0.2) is 0 Å². The van der Waals surface area contributed by atoms with Crippen molar-refractivity contribution in [2.24, 2.45) is 39.7 Å². The highest BCUT2D eigenvalue weighted by Gasteiger charge is 2.59. The fraction of sp³-hybridized carbons (Fsp3) is 0.811. The van der Waals surface area contributed by atoms with E-state index in [9.17, 15) is 9.59 Å². The average Bonchev–Trinajstić information content (AvgIpc) is 3.37. The van der Waals surface area contributed by atoms with Gasteiger partial charge in [-0.1, -0.05) is 37.1 Å². The summed E-state index contributed by atoms with van der Waals surface area (Å²) in [6.45, 7) is 10.1. The number of carbonyl (C=O) groups is 2. The van der Waals surface area contributed by atoms with Crippen molar-refractivity contribution < 1.29 is 33.4 Å². The molecule has 0 amide bonds. The summed E-state index contributed by atoms with van der Waals surface area (Å²) in [6.07, 6.45) is 20.3. The molecule has 0 bridgehead atoms. The van der Waals surface area contributed by atoms with Gasteiger partial charge in [-0.2, -0.15) is 0 Å². The molecule has 8 heteroatoms. The molecule has 0 saturated heterocycles. The molecule has 0 spiro atoms. The highest BCUT2D eigenvalue weighted by Crippen LogP contribution is 2.66. The van der Waals surface area contributed by atoms with Gasteiger partial charge in [-0.3, -0.25) is 9.59 Å². The van der Waals surface area contributed by atoms with Crippen LogP contribution in [0.2, 0.25) is 0 Å². The van der Waals surface area contributed by atoms with Gasteiger partial charge in [0, 0.05) is 19.8 Å². The smallest absolute Gasteiger partial charge is 0.303 e. The molecule has 4 saturated carbocycles. The van der Waals surface area contributed by atoms with Crippen molar-refractivity contribution in [2.75, 3.05) is 6.61 Å². The van der Waals surface area contributed by atoms with Crippen LogP contribution in [0.15, 0.2) is 29.0 Å². The molecule has 0 N–H and O–H groups in total. The Morgan fingerprint density at radius 2 is 1.71 bits per heavy atom. The predicted molar refractivity (Wildman–Crippen MR) is 171 cm³/mol. The Morgan fingerprint density at radius 3 is 2.47 bits per heavy atom. The van der Waals surface area contributed by atoms with Crippen molar-refractivity contribution in [3.05, 3.63) is 23.8 Å². The molecule has 4 unspecified atom stereocenters. The number of carbonyl (C=O) groups excluding carboxylic acids is 2. The fourth-order valence-corrected chi connectivity index (χ4v) is 10.3. The van der Waals surface area contributed by atoms with Crippen molar-refractivity contribution in [1.82, 2.24) is 0 Å². The molecule has 0 aromatic rings. The number of fused-ring (bicyclic) bond motifs is 5. The van der Waals surface area contributed by atoms with Crippen molar-refractivity contribution in [3.8, 4) is 0 Å². The number of oxime groups is 1. The largest absolute Gasteiger partial charge is 0.463 e. The molecule has 45 heavy (non-hydrogen) atoms. The molecule has 0 aromatic heterocycles. The summed E-state index contributed by atoms with van der Waals surface area (Å²) in [6, 6.07) is 0. The van der Waals surface area contributed by atoms with Gasteiger partial charge in [0.25, 0.3) is 0 Å². The van der Waals surface area contributed by atoms with E-state index in [4.69, 9.17) is 28.9 Å². The van der Waals surface area contributed by atoms with Crippen LogP contribution in [0.25, 0.3) is 0 Å². The maximum absolute atomic E-state index is 11.6. The monoisotopic (exact) mass is 625 g/mol. The van der Waals surface area contributed by atoms with Crippen LogP contribution in [0.4, 0.5) is 0 Å². The van der Waals surface area contributed by atoms with Gasteiger partial charge in [-0.05, 0) is 125 Å². The Balaban J connectivity index is 1.09. The summed E-state index contributed by atoms with van der Waals surface area (Å²) in [5, 5.41) is 4.78. The van der Waals surface area contributed by atoms with Crippen LogP contribution in [0.1, 0.15) is 118 Å². The number of nitrogens with zero attached hydrogens (tertiary/aromatic N) is 1. The first-order valence-corrected chi connectivity index (χ1v) is 17.8. The normalized spacial score (nSPS) is 41.7. The lowest BCUT2D eigenvalue weighted by Gasteiger charge is -2.58. The van der Waals surface area contributed by atoms with E-state index >= 15 is 0 Å². The van der Waals surface area contributed by atoms with E-state index in [1.54, 1.807) is 11.6 Å². The van der Waals surface area contributed by atoms with Crippen LogP contribution in [-0.4, -0.2) is 55.0 Å². The van der Waals surface area contributed by atoms with E-state index < -0.39 is 30.4 Å². The quantitative estimate of drug-likeness (QED) is 0.120. The van der Waals surface area contributed by atoms with E-state index in [0.29, 0.717) is 17.4 Å². The standard InChI is InChI=1S/C37H55NO7/c1-23(38-45-27-9-7-6-8-10-27)30-13-14-31-29-12-11-26-21-28(17-19-36(26,4)32(29)18-20-37(30,31)5)43-35-16-15-33(42-25(3)40)34(44-35)22-41-24(2)39/h11,15-16,27-35H,6-10,12-14,17-22H2,1-5H3/b38-23+/t28-,29?,30+,31?,32?,33-,34+,35?,36-,37+/m0/s1. The Labute approximate surface area is 269 Å². The van der Waals surface area contributed by atoms with E-state index in [-0.39, 0.29) is 18.1 Å². The van der Waals surface area contributed by atoms with Crippen molar-refractivity contribution in [1.29, 1.82) is 0 Å². The SMILES string of the molecule is CC(=O)OC[C@H]1OC(O[C@H]2CC[C@@]3(C)C(=CCC4C3CC[C@@]3(C)C4CC[C@@H]3/C(C)=N/OC3CCCCC3)C2)C=C[C@@H]1OC(C)=O. The van der Waals surface area contributed by atoms with Gasteiger partial charge in [-0.15, -0.1) is 0 Å². The number of esters is 2. The zero-order chi connectivity index (χ0) is 31.8. The van der Waals surface area contributed by atoms with Gasteiger partial charge in [0.2, 0.25) is 0 Å². The topological polar surface area (TPSA) is 92.7 Å². The lowest BCUT2D eigenvalue weighted by molar-refractivity contribution is -0.213. The Morgan fingerprint density at radius 1 is 0.911 bits per heavy atom. The first-order chi connectivity index (χ1) is 21.6. The third-order valence-electron chi connectivity index (χ3n) is 12.7. The van der Waals surface area contributed by atoms with E-state index in [1.165, 1.54) is 70.9 Å². The average molecular weight is 626 g/mol. The molecule has 1 heterocycles. The molecule has 5 aliphatic carbocycles. The van der Waals surface area contributed by atoms with Crippen LogP contribution >= 0.6 is 0 Å². The second-order valence-corrected chi connectivity index (χ2v) is 15.3. The minimum Gasteiger partial charge on any atom is -0.463 e. The van der Waals surface area contributed by atoms with Crippen LogP contribution in [-0.2, 0) is 33.4 Å². The van der Waals surface area contributed by atoms with Gasteiger partial charge < -0.3 is 23.8 Å². The van der Waals surface area contributed by atoms with E-state index in [1.807, 2.05) is 6.08 Å². The maximum atomic E-state index is 11.6. The summed E-state index contributed by atoms with van der Waals surface area (Å²) in [4.78, 5) is 29.1. The summed E-state index contributed by atoms with van der Waals surface area (Å²) in [5.74, 6) is 1.92. The molecule has 4 fully saturated rings. The molecule has 6 aliphatic rings. The molecular weight excluding hydrogens is 570 g/mol. The number of rotatable bonds is 8. The Hall–Kier alpha value is -2.19. The van der Waals surface area contributed by atoms with Crippen molar-refractivity contribution >= 4 is 17.7 Å². The van der Waals surface area contributed by atoms with E-state index in [0.717, 1.165) is 49.9 Å². The van der Waals surface area contributed by atoms with Gasteiger partial charge >= 0.3 is 11.9 Å². The molecule has 10 atom stereocenters. The number of allylic oxidation sites excluding steroid dienone is 1. The first-order valence-electron chi connectivity index (χ1n) is 17.8. The van der Waals surface area contributed by atoms with Crippen LogP contribution < -0.4 is 0 Å². The summed E-state index contributed by atoms with van der Waals surface area (Å²) in [7, 11) is 0. The lowest BCUT2D eigenvalue weighted by atomic mass is 9.47. The molecule has 250 valence electrons. The maximum Gasteiger partial charge on any atom is 0.303 e. The Kier molecular flexibility index (Phi) is 9.82. The number of hydrogen-bond donors (Lipinski definition) is 0. The molecule has 0 aromatic carbocycles. The zero-order valence-corrected chi connectivity index (χ0v) is 28.1. The second kappa shape index (κ2) is 13.5. The lowest BCUT2D eigenvalue weighted by Crippen LogP contribution is -2.51. The third-order valence-corrected chi connectivity index (χ3v) is 12.7. The summed E-state index contributed by atoms with van der Waals surface area (Å²) in [5.41, 5.74) is 3.32.